The number of nitrogens with zero attached hydrogens (tertiary/aromatic N) is 1. The topological polar surface area (TPSA) is 127 Å². The van der Waals surface area contributed by atoms with Crippen LogP contribution in [0.2, 0.25) is 0 Å². The number of amides is 2. The van der Waals surface area contributed by atoms with Gasteiger partial charge in [0.05, 0.1) is 6.54 Å². The number of halogens is 1. The van der Waals surface area contributed by atoms with Crippen molar-refractivity contribution in [3.05, 3.63) is 98.1 Å². The molecule has 0 saturated carbocycles. The van der Waals surface area contributed by atoms with E-state index >= 15 is 0 Å². The third-order valence-corrected chi connectivity index (χ3v) is 4.02. The Kier molecular flexibility index (Phi) is 5.16. The lowest BCUT2D eigenvalue weighted by Gasteiger charge is -2.09. The number of rotatable bonds is 5. The van der Waals surface area contributed by atoms with Crippen LogP contribution in [0.15, 0.2) is 64.3 Å². The zero-order valence-corrected chi connectivity index (χ0v) is 14.4. The zero-order chi connectivity index (χ0) is 20.3. The van der Waals surface area contributed by atoms with Crippen molar-refractivity contribution in [3.63, 3.8) is 0 Å². The van der Waals surface area contributed by atoms with Crippen molar-refractivity contribution < 1.29 is 14.0 Å². The van der Waals surface area contributed by atoms with Gasteiger partial charge in [0.25, 0.3) is 11.5 Å². The Bertz CT molecular complexity index is 1170. The molecule has 0 unspecified atom stereocenters. The third-order valence-electron chi connectivity index (χ3n) is 4.02. The Balaban J connectivity index is 1.89. The summed E-state index contributed by atoms with van der Waals surface area (Å²) in [6, 6.07) is 11.4. The molecule has 0 saturated heterocycles. The van der Waals surface area contributed by atoms with Gasteiger partial charge < -0.3 is 16.0 Å². The van der Waals surface area contributed by atoms with Crippen molar-refractivity contribution in [1.29, 1.82) is 0 Å². The van der Waals surface area contributed by atoms with Gasteiger partial charge in [0.2, 0.25) is 5.91 Å². The van der Waals surface area contributed by atoms with E-state index in [1.165, 1.54) is 42.5 Å². The van der Waals surface area contributed by atoms with Crippen LogP contribution in [0.1, 0.15) is 26.3 Å². The molecule has 0 aliphatic heterocycles. The number of H-pyrrole nitrogens is 1. The second-order valence-electron chi connectivity index (χ2n) is 5.89. The summed E-state index contributed by atoms with van der Waals surface area (Å²) >= 11 is 0. The first-order chi connectivity index (χ1) is 13.4. The van der Waals surface area contributed by atoms with Crippen LogP contribution in [0, 0.1) is 5.82 Å². The number of aromatic nitrogens is 2. The van der Waals surface area contributed by atoms with Gasteiger partial charge in [-0.15, -0.1) is 0 Å². The smallest absolute Gasteiger partial charge is 0.328 e. The number of aromatic amines is 1. The lowest BCUT2D eigenvalue weighted by atomic mass is 10.2. The summed E-state index contributed by atoms with van der Waals surface area (Å²) < 4.78 is 14.6. The van der Waals surface area contributed by atoms with Crippen LogP contribution in [0.5, 0.6) is 0 Å². The average molecular weight is 382 g/mol. The van der Waals surface area contributed by atoms with Crippen LogP contribution < -0.4 is 22.3 Å². The Morgan fingerprint density at radius 2 is 1.75 bits per heavy atom. The predicted octanol–water partition coefficient (Wildman–Crippen LogP) is 1.08. The van der Waals surface area contributed by atoms with Gasteiger partial charge in [0, 0.05) is 23.0 Å². The summed E-state index contributed by atoms with van der Waals surface area (Å²) in [5, 5.41) is 2.49. The molecule has 1 aromatic heterocycles. The van der Waals surface area contributed by atoms with Crippen molar-refractivity contribution in [2.45, 2.75) is 6.54 Å². The largest absolute Gasteiger partial charge is 0.366 e. The SMILES string of the molecule is NC(=O)c1ccc(NC(=O)c2c[nH]c(=O)n(Cc3ccccc3F)c2=O)cc1. The highest BCUT2D eigenvalue weighted by Crippen LogP contribution is 2.10. The Morgan fingerprint density at radius 3 is 2.39 bits per heavy atom. The van der Waals surface area contributed by atoms with Gasteiger partial charge in [-0.05, 0) is 30.3 Å². The number of hydrogen-bond donors (Lipinski definition) is 3. The highest BCUT2D eigenvalue weighted by Gasteiger charge is 2.16. The molecule has 0 aliphatic rings. The average Bonchev–Trinajstić information content (AvgIpc) is 2.66. The summed E-state index contributed by atoms with van der Waals surface area (Å²) in [7, 11) is 0. The molecular formula is C19H15FN4O4. The van der Waals surface area contributed by atoms with Gasteiger partial charge in [0.1, 0.15) is 11.4 Å². The molecule has 0 atom stereocenters. The second-order valence-corrected chi connectivity index (χ2v) is 5.89. The zero-order valence-electron chi connectivity index (χ0n) is 14.4. The van der Waals surface area contributed by atoms with E-state index in [1.54, 1.807) is 6.07 Å². The molecule has 8 nitrogen and oxygen atoms in total. The van der Waals surface area contributed by atoms with Gasteiger partial charge in [-0.2, -0.15) is 0 Å². The first-order valence-corrected chi connectivity index (χ1v) is 8.14. The highest BCUT2D eigenvalue weighted by molar-refractivity contribution is 6.04. The number of carbonyl (C=O) groups excluding carboxylic acids is 2. The number of anilines is 1. The quantitative estimate of drug-likeness (QED) is 0.610. The van der Waals surface area contributed by atoms with E-state index in [0.717, 1.165) is 10.8 Å². The molecule has 3 aromatic rings. The molecule has 0 radical (unpaired) electrons. The summed E-state index contributed by atoms with van der Waals surface area (Å²) in [4.78, 5) is 50.4. The number of carbonyl (C=O) groups is 2. The highest BCUT2D eigenvalue weighted by atomic mass is 19.1. The fourth-order valence-electron chi connectivity index (χ4n) is 2.53. The molecule has 4 N–H and O–H groups in total. The lowest BCUT2D eigenvalue weighted by molar-refractivity contribution is 0.0998. The lowest BCUT2D eigenvalue weighted by Crippen LogP contribution is -2.39. The minimum Gasteiger partial charge on any atom is -0.366 e. The van der Waals surface area contributed by atoms with Crippen molar-refractivity contribution in [1.82, 2.24) is 9.55 Å². The maximum absolute atomic E-state index is 13.8. The molecule has 3 rings (SSSR count). The third kappa shape index (κ3) is 3.88. The Hall–Kier alpha value is -4.01. The van der Waals surface area contributed by atoms with E-state index < -0.39 is 28.9 Å². The van der Waals surface area contributed by atoms with Crippen molar-refractivity contribution in [2.24, 2.45) is 5.73 Å². The number of primary amides is 1. The molecule has 0 spiro atoms. The van der Waals surface area contributed by atoms with Gasteiger partial charge in [-0.25, -0.2) is 9.18 Å². The van der Waals surface area contributed by atoms with Crippen LogP contribution in [-0.4, -0.2) is 21.4 Å². The molecule has 2 amide bonds. The molecule has 0 bridgehead atoms. The number of nitrogens with two attached hydrogens (primary N) is 1. The summed E-state index contributed by atoms with van der Waals surface area (Å²) in [5.74, 6) is -1.96. The number of nitrogens with one attached hydrogen (secondary N) is 2. The minimum atomic E-state index is -0.863. The van der Waals surface area contributed by atoms with Gasteiger partial charge in [-0.3, -0.25) is 19.0 Å². The predicted molar refractivity (Wildman–Crippen MR) is 99.7 cm³/mol. The second kappa shape index (κ2) is 7.70. The molecule has 1 heterocycles. The maximum Gasteiger partial charge on any atom is 0.328 e. The molecule has 2 aromatic carbocycles. The number of hydrogen-bond acceptors (Lipinski definition) is 4. The summed E-state index contributed by atoms with van der Waals surface area (Å²) in [6.45, 7) is -0.324. The molecule has 0 fully saturated rings. The van der Waals surface area contributed by atoms with Crippen molar-refractivity contribution in [2.75, 3.05) is 5.32 Å². The summed E-state index contributed by atoms with van der Waals surface area (Å²) in [5.41, 5.74) is 3.91. The Labute approximate surface area is 157 Å². The Morgan fingerprint density at radius 1 is 1.07 bits per heavy atom. The number of benzene rings is 2. The molecule has 28 heavy (non-hydrogen) atoms. The standard InChI is InChI=1S/C19H15FN4O4/c20-15-4-2-1-3-12(15)10-24-18(27)14(9-22-19(24)28)17(26)23-13-7-5-11(6-8-13)16(21)25/h1-9H,10H2,(H2,21,25)(H,22,28)(H,23,26). The van der Waals surface area contributed by atoms with Crippen LogP contribution in [0.25, 0.3) is 0 Å². The van der Waals surface area contributed by atoms with Crippen LogP contribution in [0.3, 0.4) is 0 Å². The van der Waals surface area contributed by atoms with Crippen molar-refractivity contribution in [3.8, 4) is 0 Å². The van der Waals surface area contributed by atoms with E-state index in [4.69, 9.17) is 5.73 Å². The normalized spacial score (nSPS) is 10.5. The van der Waals surface area contributed by atoms with Crippen molar-refractivity contribution >= 4 is 17.5 Å². The van der Waals surface area contributed by atoms with Gasteiger partial charge in [-0.1, -0.05) is 18.2 Å². The molecule has 0 aliphatic carbocycles. The first-order valence-electron chi connectivity index (χ1n) is 8.14. The molecular weight excluding hydrogens is 367 g/mol. The first kappa shape index (κ1) is 18.8. The van der Waals surface area contributed by atoms with Crippen LogP contribution in [0.4, 0.5) is 10.1 Å². The monoisotopic (exact) mass is 382 g/mol. The maximum atomic E-state index is 13.8. The van der Waals surface area contributed by atoms with Crippen LogP contribution in [-0.2, 0) is 6.54 Å². The van der Waals surface area contributed by atoms with E-state index in [9.17, 15) is 23.6 Å². The van der Waals surface area contributed by atoms with E-state index in [2.05, 4.69) is 10.3 Å². The molecule has 142 valence electrons. The fraction of sp³-hybridized carbons (Fsp3) is 0.0526. The van der Waals surface area contributed by atoms with Gasteiger partial charge >= 0.3 is 5.69 Å². The fourth-order valence-corrected chi connectivity index (χ4v) is 2.53. The van der Waals surface area contributed by atoms with E-state index in [0.29, 0.717) is 5.69 Å². The van der Waals surface area contributed by atoms with Crippen LogP contribution >= 0.6 is 0 Å². The van der Waals surface area contributed by atoms with E-state index in [-0.39, 0.29) is 23.2 Å². The van der Waals surface area contributed by atoms with E-state index in [1.807, 2.05) is 0 Å². The summed E-state index contributed by atoms with van der Waals surface area (Å²) in [6.07, 6.45) is 0.996. The molecule has 9 heteroatoms. The minimum absolute atomic E-state index is 0.134. The van der Waals surface area contributed by atoms with Gasteiger partial charge in [0.15, 0.2) is 0 Å².